The van der Waals surface area contributed by atoms with Crippen molar-refractivity contribution in [3.8, 4) is 0 Å². The molecule has 0 saturated heterocycles. The summed E-state index contributed by atoms with van der Waals surface area (Å²) in [5, 5.41) is 1.55. The van der Waals surface area contributed by atoms with Gasteiger partial charge < -0.3 is 0 Å². The summed E-state index contributed by atoms with van der Waals surface area (Å²) in [7, 11) is 0. The van der Waals surface area contributed by atoms with Gasteiger partial charge in [0.2, 0.25) is 0 Å². The zero-order valence-electron chi connectivity index (χ0n) is 6.88. The second kappa shape index (κ2) is 5.69. The maximum absolute atomic E-state index is 5.89. The second-order valence-corrected chi connectivity index (χ2v) is 4.23. The molecule has 0 aromatic heterocycles. The van der Waals surface area contributed by atoms with Crippen molar-refractivity contribution < 1.29 is 0 Å². The molecular formula is C10H9BrCl2. The zero-order chi connectivity index (χ0) is 9.68. The minimum atomic E-state index is 0.0377. The van der Waals surface area contributed by atoms with Crippen LogP contribution in [0.4, 0.5) is 0 Å². The highest BCUT2D eigenvalue weighted by atomic mass is 79.9. The molecule has 13 heavy (non-hydrogen) atoms. The fourth-order valence-electron chi connectivity index (χ4n) is 0.841. The highest BCUT2D eigenvalue weighted by molar-refractivity contribution is 9.09. The SMILES string of the molecule is Clc1ccc(/C=C/C(Cl)CBr)cc1. The van der Waals surface area contributed by atoms with Crippen LogP contribution in [0.3, 0.4) is 0 Å². The minimum absolute atomic E-state index is 0.0377. The average Bonchev–Trinajstić information content (AvgIpc) is 2.16. The van der Waals surface area contributed by atoms with Gasteiger partial charge in [-0.2, -0.15) is 0 Å². The molecule has 1 rings (SSSR count). The third-order valence-electron chi connectivity index (χ3n) is 1.51. The Bertz CT molecular complexity index is 279. The standard InChI is InChI=1S/C10H9BrCl2/c11-7-10(13)6-3-8-1-4-9(12)5-2-8/h1-6,10H,7H2/b6-3+. The molecule has 0 nitrogen and oxygen atoms in total. The van der Waals surface area contributed by atoms with Crippen LogP contribution in [0.5, 0.6) is 0 Å². The molecule has 0 heterocycles. The fourth-order valence-corrected chi connectivity index (χ4v) is 1.26. The van der Waals surface area contributed by atoms with E-state index in [1.54, 1.807) is 0 Å². The van der Waals surface area contributed by atoms with Gasteiger partial charge in [0.25, 0.3) is 0 Å². The number of alkyl halides is 2. The highest BCUT2D eigenvalue weighted by Gasteiger charge is 1.94. The normalized spacial score (nSPS) is 13.5. The number of allylic oxidation sites excluding steroid dienone is 1. The zero-order valence-corrected chi connectivity index (χ0v) is 9.98. The van der Waals surface area contributed by atoms with Gasteiger partial charge in [-0.05, 0) is 17.7 Å². The quantitative estimate of drug-likeness (QED) is 0.722. The lowest BCUT2D eigenvalue weighted by Gasteiger charge is -1.96. The van der Waals surface area contributed by atoms with Gasteiger partial charge in [0.1, 0.15) is 0 Å². The van der Waals surface area contributed by atoms with Crippen molar-refractivity contribution in [2.45, 2.75) is 5.38 Å². The van der Waals surface area contributed by atoms with E-state index in [9.17, 15) is 0 Å². The van der Waals surface area contributed by atoms with E-state index < -0.39 is 0 Å². The lowest BCUT2D eigenvalue weighted by Crippen LogP contribution is -1.92. The van der Waals surface area contributed by atoms with Crippen LogP contribution in [0.2, 0.25) is 5.02 Å². The fraction of sp³-hybridized carbons (Fsp3) is 0.200. The molecule has 70 valence electrons. The number of hydrogen-bond donors (Lipinski definition) is 0. The lowest BCUT2D eigenvalue weighted by atomic mass is 10.2. The van der Waals surface area contributed by atoms with Crippen LogP contribution >= 0.6 is 39.1 Å². The van der Waals surface area contributed by atoms with Crippen LogP contribution in [0.25, 0.3) is 6.08 Å². The van der Waals surface area contributed by atoms with Crippen molar-refractivity contribution in [3.63, 3.8) is 0 Å². The summed E-state index contributed by atoms with van der Waals surface area (Å²) < 4.78 is 0. The molecule has 1 aromatic rings. The summed E-state index contributed by atoms with van der Waals surface area (Å²) in [6, 6.07) is 7.63. The first kappa shape index (κ1) is 11.1. The lowest BCUT2D eigenvalue weighted by molar-refractivity contribution is 1.28. The molecule has 1 aromatic carbocycles. The Balaban J connectivity index is 2.64. The van der Waals surface area contributed by atoms with Gasteiger partial charge in [0.05, 0.1) is 5.38 Å². The van der Waals surface area contributed by atoms with Gasteiger partial charge in [-0.1, -0.05) is 51.8 Å². The number of halogens is 3. The Hall–Kier alpha value is 0.0200. The molecular weight excluding hydrogens is 271 g/mol. The van der Waals surface area contributed by atoms with E-state index in [4.69, 9.17) is 23.2 Å². The largest absolute Gasteiger partial charge is 0.118 e. The second-order valence-electron chi connectivity index (χ2n) is 2.58. The maximum atomic E-state index is 5.89. The summed E-state index contributed by atoms with van der Waals surface area (Å²) in [6.07, 6.45) is 3.93. The first-order chi connectivity index (χ1) is 6.22. The minimum Gasteiger partial charge on any atom is -0.118 e. The van der Waals surface area contributed by atoms with Crippen LogP contribution in [-0.2, 0) is 0 Å². The third kappa shape index (κ3) is 4.17. The molecule has 0 spiro atoms. The molecule has 0 radical (unpaired) electrons. The molecule has 0 aliphatic heterocycles. The Labute approximate surface area is 96.7 Å². The molecule has 1 atom stereocenters. The van der Waals surface area contributed by atoms with Crippen LogP contribution in [-0.4, -0.2) is 10.7 Å². The van der Waals surface area contributed by atoms with Crippen LogP contribution in [0.15, 0.2) is 30.3 Å². The monoisotopic (exact) mass is 278 g/mol. The van der Waals surface area contributed by atoms with Crippen molar-refractivity contribution in [3.05, 3.63) is 40.9 Å². The van der Waals surface area contributed by atoms with Crippen LogP contribution in [0.1, 0.15) is 5.56 Å². The summed E-state index contributed by atoms with van der Waals surface area (Å²) in [4.78, 5) is 0. The first-order valence-electron chi connectivity index (χ1n) is 3.86. The van der Waals surface area contributed by atoms with E-state index in [0.29, 0.717) is 0 Å². The van der Waals surface area contributed by atoms with Crippen molar-refractivity contribution in [2.75, 3.05) is 5.33 Å². The molecule has 1 unspecified atom stereocenters. The number of rotatable bonds is 3. The Kier molecular flexibility index (Phi) is 4.86. The van der Waals surface area contributed by atoms with Gasteiger partial charge in [-0.25, -0.2) is 0 Å². The average molecular weight is 280 g/mol. The summed E-state index contributed by atoms with van der Waals surface area (Å²) >= 11 is 14.9. The van der Waals surface area contributed by atoms with Crippen molar-refractivity contribution in [2.24, 2.45) is 0 Å². The van der Waals surface area contributed by atoms with E-state index in [2.05, 4.69) is 15.9 Å². The van der Waals surface area contributed by atoms with Gasteiger partial charge in [0.15, 0.2) is 0 Å². The van der Waals surface area contributed by atoms with Gasteiger partial charge in [-0.3, -0.25) is 0 Å². The van der Waals surface area contributed by atoms with Crippen molar-refractivity contribution in [1.82, 2.24) is 0 Å². The number of hydrogen-bond acceptors (Lipinski definition) is 0. The molecule has 0 saturated carbocycles. The molecule has 0 N–H and O–H groups in total. The van der Waals surface area contributed by atoms with E-state index in [1.165, 1.54) is 0 Å². The molecule has 0 amide bonds. The summed E-state index contributed by atoms with van der Waals surface area (Å²) in [5.74, 6) is 0. The molecule has 0 fully saturated rings. The van der Waals surface area contributed by atoms with Crippen LogP contribution < -0.4 is 0 Å². The van der Waals surface area contributed by atoms with Gasteiger partial charge in [0, 0.05) is 10.4 Å². The molecule has 0 aliphatic carbocycles. The highest BCUT2D eigenvalue weighted by Crippen LogP contribution is 2.12. The van der Waals surface area contributed by atoms with Gasteiger partial charge >= 0.3 is 0 Å². The van der Waals surface area contributed by atoms with E-state index in [-0.39, 0.29) is 5.38 Å². The third-order valence-corrected chi connectivity index (χ3v) is 3.14. The van der Waals surface area contributed by atoms with Crippen LogP contribution in [0, 0.1) is 0 Å². The Morgan fingerprint density at radius 1 is 1.31 bits per heavy atom. The van der Waals surface area contributed by atoms with E-state index in [0.717, 1.165) is 15.9 Å². The Morgan fingerprint density at radius 3 is 2.46 bits per heavy atom. The van der Waals surface area contributed by atoms with E-state index >= 15 is 0 Å². The number of benzene rings is 1. The van der Waals surface area contributed by atoms with Crippen molar-refractivity contribution in [1.29, 1.82) is 0 Å². The van der Waals surface area contributed by atoms with Crippen molar-refractivity contribution >= 4 is 45.2 Å². The van der Waals surface area contributed by atoms with E-state index in [1.807, 2.05) is 36.4 Å². The molecule has 0 bridgehead atoms. The smallest absolute Gasteiger partial charge is 0.0616 e. The maximum Gasteiger partial charge on any atom is 0.0616 e. The van der Waals surface area contributed by atoms with Gasteiger partial charge in [-0.15, -0.1) is 11.6 Å². The topological polar surface area (TPSA) is 0 Å². The molecule has 0 aliphatic rings. The molecule has 3 heteroatoms. The predicted molar refractivity (Wildman–Crippen MR) is 63.9 cm³/mol. The predicted octanol–water partition coefficient (Wildman–Crippen LogP) is 4.36. The first-order valence-corrected chi connectivity index (χ1v) is 5.80. The summed E-state index contributed by atoms with van der Waals surface area (Å²) in [6.45, 7) is 0. The summed E-state index contributed by atoms with van der Waals surface area (Å²) in [5.41, 5.74) is 1.11. The Morgan fingerprint density at radius 2 is 1.92 bits per heavy atom.